The molecular weight excluding hydrogens is 344 g/mol. The van der Waals surface area contributed by atoms with Crippen molar-refractivity contribution in [1.82, 2.24) is 15.1 Å². The lowest BCUT2D eigenvalue weighted by Gasteiger charge is -2.05. The van der Waals surface area contributed by atoms with Gasteiger partial charge in [0.05, 0.1) is 0 Å². The molecule has 8 heteroatoms. The number of hydrogen-bond donors (Lipinski definition) is 1. The summed E-state index contributed by atoms with van der Waals surface area (Å²) >= 11 is 0. The van der Waals surface area contributed by atoms with Crippen molar-refractivity contribution < 1.29 is 22.7 Å². The molecular formula is C18H17F2N3O3. The molecule has 0 saturated carbocycles. The molecule has 1 aromatic carbocycles. The van der Waals surface area contributed by atoms with Gasteiger partial charge >= 0.3 is 0 Å². The van der Waals surface area contributed by atoms with E-state index in [1.54, 1.807) is 16.9 Å². The zero-order chi connectivity index (χ0) is 18.4. The number of rotatable bonds is 8. The summed E-state index contributed by atoms with van der Waals surface area (Å²) in [4.78, 5) is 12.0. The molecule has 0 radical (unpaired) electrons. The molecule has 26 heavy (non-hydrogen) atoms. The van der Waals surface area contributed by atoms with Crippen molar-refractivity contribution >= 4 is 5.91 Å². The third-order valence-electron chi connectivity index (χ3n) is 3.56. The minimum absolute atomic E-state index is 0.0743. The van der Waals surface area contributed by atoms with Crippen LogP contribution in [0.4, 0.5) is 8.78 Å². The predicted octanol–water partition coefficient (Wildman–Crippen LogP) is 3.15. The molecule has 2 aromatic heterocycles. The Hall–Kier alpha value is -3.16. The van der Waals surface area contributed by atoms with Crippen LogP contribution in [-0.4, -0.2) is 22.2 Å². The average molecular weight is 361 g/mol. The van der Waals surface area contributed by atoms with Gasteiger partial charge in [0.2, 0.25) is 0 Å². The van der Waals surface area contributed by atoms with Gasteiger partial charge in [-0.15, -0.1) is 0 Å². The molecule has 1 N–H and O–H groups in total. The largest absolute Gasteiger partial charge is 0.483 e. The van der Waals surface area contributed by atoms with Gasteiger partial charge < -0.3 is 14.5 Å². The van der Waals surface area contributed by atoms with E-state index in [0.717, 1.165) is 18.6 Å². The second-order valence-corrected chi connectivity index (χ2v) is 5.51. The number of nitrogens with zero attached hydrogens (tertiary/aromatic N) is 2. The molecule has 0 saturated heterocycles. The van der Waals surface area contributed by atoms with E-state index >= 15 is 0 Å². The van der Waals surface area contributed by atoms with Gasteiger partial charge in [-0.2, -0.15) is 5.10 Å². The van der Waals surface area contributed by atoms with E-state index in [2.05, 4.69) is 10.4 Å². The first-order valence-corrected chi connectivity index (χ1v) is 8.04. The quantitative estimate of drug-likeness (QED) is 0.626. The van der Waals surface area contributed by atoms with Gasteiger partial charge in [0, 0.05) is 31.5 Å². The molecule has 0 aliphatic rings. The fourth-order valence-electron chi connectivity index (χ4n) is 2.28. The molecule has 0 unspecified atom stereocenters. The van der Waals surface area contributed by atoms with Crippen molar-refractivity contribution in [3.05, 3.63) is 71.9 Å². The van der Waals surface area contributed by atoms with Gasteiger partial charge in [-0.25, -0.2) is 8.78 Å². The Morgan fingerprint density at radius 3 is 2.92 bits per heavy atom. The Morgan fingerprint density at radius 1 is 1.27 bits per heavy atom. The highest BCUT2D eigenvalue weighted by molar-refractivity contribution is 5.91. The summed E-state index contributed by atoms with van der Waals surface area (Å²) in [5.41, 5.74) is 0. The molecule has 0 atom stereocenters. The number of halogens is 2. The minimum atomic E-state index is -0.799. The first kappa shape index (κ1) is 17.7. The number of aryl methyl sites for hydroxylation is 1. The van der Waals surface area contributed by atoms with E-state index in [1.807, 2.05) is 12.3 Å². The van der Waals surface area contributed by atoms with Gasteiger partial charge in [0.15, 0.2) is 17.3 Å². The van der Waals surface area contributed by atoms with Crippen molar-refractivity contribution in [1.29, 1.82) is 0 Å². The lowest BCUT2D eigenvalue weighted by molar-refractivity contribution is 0.0920. The van der Waals surface area contributed by atoms with E-state index in [9.17, 15) is 13.6 Å². The number of aromatic nitrogens is 2. The maximum absolute atomic E-state index is 13.5. The first-order valence-electron chi connectivity index (χ1n) is 8.04. The highest BCUT2D eigenvalue weighted by Gasteiger charge is 2.12. The topological polar surface area (TPSA) is 69.3 Å². The molecule has 1 amide bonds. The third kappa shape index (κ3) is 4.69. The van der Waals surface area contributed by atoms with Gasteiger partial charge in [0.25, 0.3) is 5.91 Å². The van der Waals surface area contributed by atoms with Gasteiger partial charge in [0.1, 0.15) is 18.2 Å². The maximum Gasteiger partial charge on any atom is 0.286 e. The van der Waals surface area contributed by atoms with Crippen molar-refractivity contribution in [2.75, 3.05) is 6.54 Å². The molecule has 0 aliphatic heterocycles. The van der Waals surface area contributed by atoms with E-state index < -0.39 is 11.6 Å². The lowest BCUT2D eigenvalue weighted by Crippen LogP contribution is -2.24. The number of benzene rings is 1. The van der Waals surface area contributed by atoms with Crippen LogP contribution >= 0.6 is 0 Å². The van der Waals surface area contributed by atoms with E-state index in [-0.39, 0.29) is 24.0 Å². The fourth-order valence-corrected chi connectivity index (χ4v) is 2.28. The summed E-state index contributed by atoms with van der Waals surface area (Å²) in [6.07, 6.45) is 4.28. The Kier molecular flexibility index (Phi) is 5.62. The van der Waals surface area contributed by atoms with Crippen molar-refractivity contribution in [2.45, 2.75) is 19.6 Å². The van der Waals surface area contributed by atoms with Crippen LogP contribution in [0.3, 0.4) is 0 Å². The van der Waals surface area contributed by atoms with Crippen LogP contribution < -0.4 is 10.1 Å². The molecule has 3 rings (SSSR count). The SMILES string of the molecule is O=C(NCCCn1cccn1)c1ccc(COc2ccc(F)cc2F)o1. The van der Waals surface area contributed by atoms with Crippen LogP contribution in [0.25, 0.3) is 0 Å². The van der Waals surface area contributed by atoms with Crippen LogP contribution in [0.5, 0.6) is 5.75 Å². The van der Waals surface area contributed by atoms with Crippen LogP contribution in [0.15, 0.2) is 53.2 Å². The van der Waals surface area contributed by atoms with Crippen molar-refractivity contribution in [3.8, 4) is 5.75 Å². The number of carbonyl (C=O) groups excluding carboxylic acids is 1. The normalized spacial score (nSPS) is 10.7. The van der Waals surface area contributed by atoms with Gasteiger partial charge in [-0.05, 0) is 36.8 Å². The lowest BCUT2D eigenvalue weighted by atomic mass is 10.3. The van der Waals surface area contributed by atoms with E-state index in [1.165, 1.54) is 12.1 Å². The summed E-state index contributed by atoms with van der Waals surface area (Å²) in [6.45, 7) is 1.11. The average Bonchev–Trinajstić information content (AvgIpc) is 3.29. The molecule has 0 bridgehead atoms. The van der Waals surface area contributed by atoms with E-state index in [0.29, 0.717) is 18.8 Å². The Labute approximate surface area is 148 Å². The maximum atomic E-state index is 13.5. The Morgan fingerprint density at radius 2 is 2.15 bits per heavy atom. The van der Waals surface area contributed by atoms with Gasteiger partial charge in [-0.3, -0.25) is 9.48 Å². The van der Waals surface area contributed by atoms with Crippen LogP contribution in [0.1, 0.15) is 22.7 Å². The van der Waals surface area contributed by atoms with Crippen LogP contribution in [0.2, 0.25) is 0 Å². The number of nitrogens with one attached hydrogen (secondary N) is 1. The molecule has 2 heterocycles. The molecule has 3 aromatic rings. The molecule has 136 valence electrons. The number of ether oxygens (including phenoxy) is 1. The smallest absolute Gasteiger partial charge is 0.286 e. The highest BCUT2D eigenvalue weighted by atomic mass is 19.1. The molecule has 0 aliphatic carbocycles. The highest BCUT2D eigenvalue weighted by Crippen LogP contribution is 2.19. The summed E-state index contributed by atoms with van der Waals surface area (Å²) in [6, 6.07) is 7.95. The molecule has 6 nitrogen and oxygen atoms in total. The summed E-state index contributed by atoms with van der Waals surface area (Å²) in [7, 11) is 0. The summed E-state index contributed by atoms with van der Waals surface area (Å²) in [5.74, 6) is -1.42. The standard InChI is InChI=1S/C18H17F2N3O3/c19-13-3-5-16(15(20)11-13)25-12-14-4-6-17(26-14)18(24)21-7-1-9-23-10-2-8-22-23/h2-6,8,10-11H,1,7,9,12H2,(H,21,24). The fraction of sp³-hybridized carbons (Fsp3) is 0.222. The van der Waals surface area contributed by atoms with Crippen LogP contribution in [0, 0.1) is 11.6 Å². The zero-order valence-electron chi connectivity index (χ0n) is 13.8. The van der Waals surface area contributed by atoms with Gasteiger partial charge in [-0.1, -0.05) is 0 Å². The second-order valence-electron chi connectivity index (χ2n) is 5.51. The van der Waals surface area contributed by atoms with Crippen molar-refractivity contribution in [3.63, 3.8) is 0 Å². The first-order chi connectivity index (χ1) is 12.6. The number of furan rings is 1. The second kappa shape index (κ2) is 8.28. The minimum Gasteiger partial charge on any atom is -0.483 e. The number of hydrogen-bond acceptors (Lipinski definition) is 4. The number of amides is 1. The monoisotopic (exact) mass is 361 g/mol. The van der Waals surface area contributed by atoms with Crippen molar-refractivity contribution in [2.24, 2.45) is 0 Å². The van der Waals surface area contributed by atoms with Crippen LogP contribution in [-0.2, 0) is 13.2 Å². The number of carbonyl (C=O) groups is 1. The Balaban J connectivity index is 1.45. The predicted molar refractivity (Wildman–Crippen MR) is 88.6 cm³/mol. The summed E-state index contributed by atoms with van der Waals surface area (Å²) in [5, 5.41) is 6.82. The zero-order valence-corrected chi connectivity index (χ0v) is 13.8. The Bertz CT molecular complexity index is 862. The summed E-state index contributed by atoms with van der Waals surface area (Å²) < 4.78 is 38.7. The third-order valence-corrected chi connectivity index (χ3v) is 3.56. The molecule has 0 fully saturated rings. The van der Waals surface area contributed by atoms with E-state index in [4.69, 9.17) is 9.15 Å². The molecule has 0 spiro atoms.